The first-order valence-corrected chi connectivity index (χ1v) is 13.4. The summed E-state index contributed by atoms with van der Waals surface area (Å²) < 4.78 is 0. The lowest BCUT2D eigenvalue weighted by molar-refractivity contribution is -0.115. The van der Waals surface area contributed by atoms with Gasteiger partial charge in [-0.2, -0.15) is 0 Å². The van der Waals surface area contributed by atoms with E-state index in [0.717, 1.165) is 56.9 Å². The van der Waals surface area contributed by atoms with E-state index < -0.39 is 0 Å². The van der Waals surface area contributed by atoms with E-state index >= 15 is 0 Å². The molecule has 1 aliphatic carbocycles. The van der Waals surface area contributed by atoms with Gasteiger partial charge in [0.05, 0.1) is 22.8 Å². The second-order valence-corrected chi connectivity index (χ2v) is 9.60. The molecule has 8 nitrogen and oxygen atoms in total. The summed E-state index contributed by atoms with van der Waals surface area (Å²) in [4.78, 5) is 31.8. The molecule has 4 aromatic rings. The van der Waals surface area contributed by atoms with Crippen molar-refractivity contribution < 1.29 is 9.59 Å². The Bertz CT molecular complexity index is 1540. The first kappa shape index (κ1) is 27.8. The number of aliphatic imine (C=N–C) groups is 2. The first-order chi connectivity index (χ1) is 20.4. The molecule has 42 heavy (non-hydrogen) atoms. The average molecular weight is 555 g/mol. The monoisotopic (exact) mass is 554 g/mol. The van der Waals surface area contributed by atoms with Crippen LogP contribution in [-0.2, 0) is 9.59 Å². The van der Waals surface area contributed by atoms with E-state index in [1.165, 1.54) is 13.8 Å². The highest BCUT2D eigenvalue weighted by Gasteiger charge is 2.03. The Morgan fingerprint density at radius 2 is 0.690 bits per heavy atom. The van der Waals surface area contributed by atoms with Crippen LogP contribution in [0.1, 0.15) is 13.8 Å². The molecule has 0 atom stereocenters. The van der Waals surface area contributed by atoms with Gasteiger partial charge in [-0.25, -0.2) is 9.98 Å². The van der Waals surface area contributed by atoms with Gasteiger partial charge in [0.25, 0.3) is 0 Å². The lowest BCUT2D eigenvalue weighted by Crippen LogP contribution is -2.05. The summed E-state index contributed by atoms with van der Waals surface area (Å²) in [5.74, 6) is -0.188. The van der Waals surface area contributed by atoms with Gasteiger partial charge in [0, 0.05) is 48.0 Å². The van der Waals surface area contributed by atoms with Crippen LogP contribution in [0.5, 0.6) is 0 Å². The Hall–Kier alpha value is -5.76. The van der Waals surface area contributed by atoms with Crippen molar-refractivity contribution in [3.05, 3.63) is 121 Å². The van der Waals surface area contributed by atoms with E-state index in [2.05, 4.69) is 21.3 Å². The topological polar surface area (TPSA) is 107 Å². The third kappa shape index (κ3) is 8.12. The number of nitrogens with zero attached hydrogens (tertiary/aromatic N) is 2. The average Bonchev–Trinajstić information content (AvgIpc) is 2.98. The summed E-state index contributed by atoms with van der Waals surface area (Å²) >= 11 is 0. The molecule has 0 aromatic heterocycles. The van der Waals surface area contributed by atoms with E-state index in [9.17, 15) is 9.59 Å². The lowest BCUT2D eigenvalue weighted by atomic mass is 10.1. The smallest absolute Gasteiger partial charge is 0.221 e. The zero-order valence-electron chi connectivity index (χ0n) is 23.3. The zero-order valence-corrected chi connectivity index (χ0v) is 23.3. The van der Waals surface area contributed by atoms with Crippen molar-refractivity contribution in [2.45, 2.75) is 13.8 Å². The minimum Gasteiger partial charge on any atom is -0.356 e. The molecule has 1 aliphatic rings. The lowest BCUT2D eigenvalue weighted by Gasteiger charge is -2.09. The third-order valence-electron chi connectivity index (χ3n) is 6.09. The fourth-order valence-electron chi connectivity index (χ4n) is 4.15. The van der Waals surface area contributed by atoms with E-state index in [0.29, 0.717) is 0 Å². The predicted molar refractivity (Wildman–Crippen MR) is 173 cm³/mol. The van der Waals surface area contributed by atoms with Gasteiger partial charge in [0.2, 0.25) is 11.8 Å². The molecular weight excluding hydrogens is 524 g/mol. The zero-order chi connectivity index (χ0) is 29.3. The summed E-state index contributed by atoms with van der Waals surface area (Å²) in [5.41, 5.74) is 8.62. The maximum Gasteiger partial charge on any atom is 0.221 e. The quantitative estimate of drug-likeness (QED) is 0.165. The van der Waals surface area contributed by atoms with E-state index in [1.807, 2.05) is 121 Å². The fraction of sp³-hybridized carbons (Fsp3) is 0.0588. The molecule has 0 fully saturated rings. The Kier molecular flexibility index (Phi) is 8.64. The van der Waals surface area contributed by atoms with Crippen molar-refractivity contribution in [1.29, 1.82) is 0 Å². The Morgan fingerprint density at radius 3 is 0.976 bits per heavy atom. The molecule has 0 heterocycles. The summed E-state index contributed by atoms with van der Waals surface area (Å²) in [7, 11) is 0. The van der Waals surface area contributed by atoms with Crippen LogP contribution in [0.3, 0.4) is 0 Å². The van der Waals surface area contributed by atoms with Gasteiger partial charge >= 0.3 is 0 Å². The standard InChI is InChI=1S/C34H30N6O2/c1-23(41)35-25-3-7-27(8-4-25)37-29-11-15-31(16-12-29)39-33-19-21-34(22-20-33)40-32-17-13-30(14-18-32)38-28-9-5-26(6-10-28)36-24(2)42/h3-22,37-38H,1-2H3,(H,35,41)(H,36,42). The van der Waals surface area contributed by atoms with Crippen molar-refractivity contribution in [2.24, 2.45) is 9.98 Å². The maximum atomic E-state index is 11.2. The number of hydrogen-bond donors (Lipinski definition) is 4. The van der Waals surface area contributed by atoms with Gasteiger partial charge in [-0.3, -0.25) is 9.59 Å². The van der Waals surface area contributed by atoms with Crippen molar-refractivity contribution in [3.63, 3.8) is 0 Å². The van der Waals surface area contributed by atoms with Crippen LogP contribution >= 0.6 is 0 Å². The van der Waals surface area contributed by atoms with Crippen molar-refractivity contribution in [1.82, 2.24) is 0 Å². The molecule has 0 radical (unpaired) electrons. The molecule has 0 aliphatic heterocycles. The van der Waals surface area contributed by atoms with Gasteiger partial charge in [0.15, 0.2) is 0 Å². The van der Waals surface area contributed by atoms with Gasteiger partial charge in [-0.1, -0.05) is 0 Å². The normalized spacial score (nSPS) is 12.0. The number of amides is 2. The molecule has 4 aromatic carbocycles. The van der Waals surface area contributed by atoms with Gasteiger partial charge in [0.1, 0.15) is 0 Å². The Labute approximate surface area is 244 Å². The number of anilines is 6. The molecule has 2 amide bonds. The molecular formula is C34H30N6O2. The highest BCUT2D eigenvalue weighted by Crippen LogP contribution is 2.24. The number of allylic oxidation sites excluding steroid dienone is 4. The number of hydrogen-bond acceptors (Lipinski definition) is 6. The number of nitrogens with one attached hydrogen (secondary N) is 4. The highest BCUT2D eigenvalue weighted by atomic mass is 16.2. The summed E-state index contributed by atoms with van der Waals surface area (Å²) in [6.45, 7) is 2.98. The van der Waals surface area contributed by atoms with Gasteiger partial charge in [-0.05, 0) is 121 Å². The van der Waals surface area contributed by atoms with Gasteiger partial charge < -0.3 is 21.3 Å². The molecule has 0 unspecified atom stereocenters. The van der Waals surface area contributed by atoms with E-state index in [1.54, 1.807) is 0 Å². The molecule has 208 valence electrons. The Morgan fingerprint density at radius 1 is 0.429 bits per heavy atom. The maximum absolute atomic E-state index is 11.2. The summed E-state index contributed by atoms with van der Waals surface area (Å²) in [6, 6.07) is 30.8. The van der Waals surface area contributed by atoms with Crippen molar-refractivity contribution in [3.8, 4) is 0 Å². The van der Waals surface area contributed by atoms with Crippen LogP contribution in [0.15, 0.2) is 131 Å². The second-order valence-electron chi connectivity index (χ2n) is 9.60. The number of rotatable bonds is 8. The largest absolute Gasteiger partial charge is 0.356 e. The fourth-order valence-corrected chi connectivity index (χ4v) is 4.15. The highest BCUT2D eigenvalue weighted by molar-refractivity contribution is 6.19. The third-order valence-corrected chi connectivity index (χ3v) is 6.09. The second kappa shape index (κ2) is 13.1. The van der Waals surface area contributed by atoms with Crippen LogP contribution < -0.4 is 21.3 Å². The molecule has 8 heteroatoms. The van der Waals surface area contributed by atoms with Crippen LogP contribution in [0.4, 0.5) is 45.5 Å². The van der Waals surface area contributed by atoms with Crippen molar-refractivity contribution in [2.75, 3.05) is 21.3 Å². The van der Waals surface area contributed by atoms with E-state index in [-0.39, 0.29) is 11.8 Å². The first-order valence-electron chi connectivity index (χ1n) is 13.4. The van der Waals surface area contributed by atoms with Gasteiger partial charge in [-0.15, -0.1) is 0 Å². The molecule has 0 spiro atoms. The van der Waals surface area contributed by atoms with E-state index in [4.69, 9.17) is 9.98 Å². The number of carbonyl (C=O) groups is 2. The molecule has 4 N–H and O–H groups in total. The minimum absolute atomic E-state index is 0.0941. The summed E-state index contributed by atoms with van der Waals surface area (Å²) in [5, 5.41) is 12.2. The molecule has 0 saturated carbocycles. The van der Waals surface area contributed by atoms with Crippen LogP contribution in [0.25, 0.3) is 0 Å². The SMILES string of the molecule is CC(=O)Nc1ccc(Nc2ccc(N=C3C=CC(=Nc4ccc(Nc5ccc(NC(C)=O)cc5)cc4)C=C3)cc2)cc1. The number of benzene rings is 4. The van der Waals surface area contributed by atoms with Crippen LogP contribution in [0.2, 0.25) is 0 Å². The summed E-state index contributed by atoms with van der Waals surface area (Å²) in [6.07, 6.45) is 7.79. The minimum atomic E-state index is -0.0941. The molecule has 0 saturated heterocycles. The number of carbonyl (C=O) groups excluding carboxylic acids is 2. The van der Waals surface area contributed by atoms with Crippen LogP contribution in [-0.4, -0.2) is 23.2 Å². The predicted octanol–water partition coefficient (Wildman–Crippen LogP) is 8.06. The Balaban J connectivity index is 1.14. The van der Waals surface area contributed by atoms with Crippen molar-refractivity contribution >= 4 is 68.7 Å². The molecule has 5 rings (SSSR count). The van der Waals surface area contributed by atoms with Crippen LogP contribution in [0, 0.1) is 0 Å². The molecule has 0 bridgehead atoms.